The normalized spacial score (nSPS) is 42.4. The third kappa shape index (κ3) is 1.28. The molecule has 0 bridgehead atoms. The lowest BCUT2D eigenvalue weighted by Crippen LogP contribution is -2.49. The van der Waals surface area contributed by atoms with Crippen LogP contribution in [0.3, 0.4) is 0 Å². The Labute approximate surface area is 78.5 Å². The Morgan fingerprint density at radius 1 is 1.08 bits per heavy atom. The smallest absolute Gasteiger partial charge is 0.154 e. The van der Waals surface area contributed by atoms with Crippen LogP contribution in [-0.2, 0) is 4.79 Å². The van der Waals surface area contributed by atoms with Gasteiger partial charge in [-0.1, -0.05) is 25.7 Å². The summed E-state index contributed by atoms with van der Waals surface area (Å²) in [6.07, 6.45) is 7.44. The molecule has 2 rings (SSSR count). The molecule has 0 heterocycles. The van der Waals surface area contributed by atoms with Gasteiger partial charge in [0, 0.05) is 5.92 Å². The van der Waals surface area contributed by atoms with Crippen LogP contribution in [0.25, 0.3) is 0 Å². The van der Waals surface area contributed by atoms with Crippen molar-refractivity contribution in [3.8, 4) is 0 Å². The van der Waals surface area contributed by atoms with Crippen LogP contribution in [0.4, 0.5) is 0 Å². The fraction of sp³-hybridized carbons (Fsp3) is 0.900. The number of carbonyl (C=O) groups is 1. The van der Waals surface area contributed by atoms with Crippen molar-refractivity contribution in [3.63, 3.8) is 0 Å². The van der Waals surface area contributed by atoms with E-state index in [0.29, 0.717) is 17.6 Å². The number of hydrogen-bond acceptors (Lipinski definition) is 1. The minimum absolute atomic E-state index is 0.131. The number of ketones is 1. The second kappa shape index (κ2) is 3.37. The maximum atomic E-state index is 11.3. The molecule has 2 saturated carbocycles. The van der Waals surface area contributed by atoms with Gasteiger partial charge in [0.25, 0.3) is 0 Å². The van der Waals surface area contributed by atoms with E-state index in [1.165, 1.54) is 32.1 Å². The van der Waals surface area contributed by atoms with Crippen LogP contribution >= 0.6 is 11.6 Å². The van der Waals surface area contributed by atoms with Crippen molar-refractivity contribution in [1.82, 2.24) is 0 Å². The Bertz CT molecular complexity index is 190. The van der Waals surface area contributed by atoms with Gasteiger partial charge in [-0.2, -0.15) is 0 Å². The first kappa shape index (κ1) is 8.55. The molecule has 1 nitrogen and oxygen atoms in total. The SMILES string of the molecule is O=C1[C@@H](Cl)[C@@H]2CCCCCC[C@H]12. The van der Waals surface area contributed by atoms with Gasteiger partial charge in [0.2, 0.25) is 0 Å². The molecule has 2 aliphatic rings. The van der Waals surface area contributed by atoms with E-state index >= 15 is 0 Å². The Balaban J connectivity index is 1.98. The summed E-state index contributed by atoms with van der Waals surface area (Å²) < 4.78 is 0. The molecule has 0 N–H and O–H groups in total. The Morgan fingerprint density at radius 3 is 2.50 bits per heavy atom. The van der Waals surface area contributed by atoms with Gasteiger partial charge in [-0.05, 0) is 18.8 Å². The Morgan fingerprint density at radius 2 is 1.75 bits per heavy atom. The molecule has 0 aromatic carbocycles. The molecule has 0 saturated heterocycles. The molecule has 0 aliphatic heterocycles. The van der Waals surface area contributed by atoms with E-state index in [0.717, 1.165) is 6.42 Å². The molecule has 2 fully saturated rings. The van der Waals surface area contributed by atoms with Crippen LogP contribution in [0, 0.1) is 11.8 Å². The molecular formula is C10H15ClO. The maximum Gasteiger partial charge on any atom is 0.154 e. The van der Waals surface area contributed by atoms with Crippen LogP contribution in [-0.4, -0.2) is 11.2 Å². The van der Waals surface area contributed by atoms with Crippen molar-refractivity contribution in [2.24, 2.45) is 11.8 Å². The largest absolute Gasteiger partial charge is 0.298 e. The van der Waals surface area contributed by atoms with E-state index < -0.39 is 0 Å². The lowest BCUT2D eigenvalue weighted by Gasteiger charge is -2.41. The van der Waals surface area contributed by atoms with Crippen molar-refractivity contribution >= 4 is 17.4 Å². The van der Waals surface area contributed by atoms with Crippen LogP contribution in [0.5, 0.6) is 0 Å². The van der Waals surface area contributed by atoms with Gasteiger partial charge in [-0.3, -0.25) is 4.79 Å². The second-order valence-electron chi connectivity index (χ2n) is 4.07. The Hall–Kier alpha value is -0.0400. The van der Waals surface area contributed by atoms with Crippen molar-refractivity contribution in [2.75, 3.05) is 0 Å². The summed E-state index contributed by atoms with van der Waals surface area (Å²) in [5.41, 5.74) is 0. The fourth-order valence-corrected chi connectivity index (χ4v) is 2.98. The summed E-state index contributed by atoms with van der Waals surface area (Å²) in [7, 11) is 0. The lowest BCUT2D eigenvalue weighted by molar-refractivity contribution is -0.134. The van der Waals surface area contributed by atoms with Gasteiger partial charge in [0.1, 0.15) is 0 Å². The highest BCUT2D eigenvalue weighted by Crippen LogP contribution is 2.43. The molecule has 3 atom stereocenters. The standard InChI is InChI=1S/C10H15ClO/c11-9-7-5-3-1-2-4-6-8(7)10(9)12/h7-9H,1-6H2/t7-,8+,9+/m1/s1. The molecule has 2 heteroatoms. The molecule has 0 aromatic heterocycles. The summed E-state index contributed by atoms with van der Waals surface area (Å²) in [6, 6.07) is 0. The van der Waals surface area contributed by atoms with Crippen molar-refractivity contribution in [3.05, 3.63) is 0 Å². The molecular weight excluding hydrogens is 172 g/mol. The first-order valence-electron chi connectivity index (χ1n) is 4.98. The number of rotatable bonds is 0. The molecule has 0 radical (unpaired) electrons. The summed E-state index contributed by atoms with van der Waals surface area (Å²) in [5, 5.41) is -0.131. The van der Waals surface area contributed by atoms with Crippen molar-refractivity contribution in [1.29, 1.82) is 0 Å². The lowest BCUT2D eigenvalue weighted by atomic mass is 9.66. The van der Waals surface area contributed by atoms with Crippen LogP contribution < -0.4 is 0 Å². The molecule has 0 spiro atoms. The highest BCUT2D eigenvalue weighted by molar-refractivity contribution is 6.34. The fourth-order valence-electron chi connectivity index (χ4n) is 2.51. The van der Waals surface area contributed by atoms with Gasteiger partial charge in [-0.25, -0.2) is 0 Å². The van der Waals surface area contributed by atoms with Crippen LogP contribution in [0.15, 0.2) is 0 Å². The van der Waals surface area contributed by atoms with E-state index in [1.54, 1.807) is 0 Å². The molecule has 2 aliphatic carbocycles. The summed E-state index contributed by atoms with van der Waals surface area (Å²) in [4.78, 5) is 11.3. The summed E-state index contributed by atoms with van der Waals surface area (Å²) >= 11 is 5.95. The first-order chi connectivity index (χ1) is 5.80. The molecule has 0 amide bonds. The minimum Gasteiger partial charge on any atom is -0.298 e. The van der Waals surface area contributed by atoms with Gasteiger partial charge >= 0.3 is 0 Å². The van der Waals surface area contributed by atoms with Gasteiger partial charge in [0.05, 0.1) is 5.38 Å². The van der Waals surface area contributed by atoms with Crippen molar-refractivity contribution < 1.29 is 4.79 Å². The predicted molar refractivity (Wildman–Crippen MR) is 49.3 cm³/mol. The van der Waals surface area contributed by atoms with Gasteiger partial charge < -0.3 is 0 Å². The topological polar surface area (TPSA) is 17.1 Å². The number of hydrogen-bond donors (Lipinski definition) is 0. The average molecular weight is 187 g/mol. The van der Waals surface area contributed by atoms with Gasteiger partial charge in [-0.15, -0.1) is 11.6 Å². The quantitative estimate of drug-likeness (QED) is 0.532. The average Bonchev–Trinajstić information content (AvgIpc) is 2.04. The first-order valence-corrected chi connectivity index (χ1v) is 5.42. The minimum atomic E-state index is -0.131. The summed E-state index contributed by atoms with van der Waals surface area (Å²) in [6.45, 7) is 0. The molecule has 0 aromatic rings. The number of fused-ring (bicyclic) bond motifs is 1. The predicted octanol–water partition coefficient (Wildman–Crippen LogP) is 2.76. The summed E-state index contributed by atoms with van der Waals surface area (Å²) in [5.74, 6) is 1.19. The highest BCUT2D eigenvalue weighted by atomic mass is 35.5. The maximum absolute atomic E-state index is 11.3. The second-order valence-corrected chi connectivity index (χ2v) is 4.54. The third-order valence-electron chi connectivity index (χ3n) is 3.33. The zero-order chi connectivity index (χ0) is 8.55. The number of carbonyl (C=O) groups excluding carboxylic acids is 1. The van der Waals surface area contributed by atoms with E-state index in [-0.39, 0.29) is 5.38 Å². The highest BCUT2D eigenvalue weighted by Gasteiger charge is 2.47. The monoisotopic (exact) mass is 186 g/mol. The van der Waals surface area contributed by atoms with Gasteiger partial charge in [0.15, 0.2) is 5.78 Å². The van der Waals surface area contributed by atoms with E-state index in [1.807, 2.05) is 0 Å². The molecule has 68 valence electrons. The van der Waals surface area contributed by atoms with E-state index in [9.17, 15) is 4.79 Å². The third-order valence-corrected chi connectivity index (χ3v) is 3.87. The number of halogens is 1. The van der Waals surface area contributed by atoms with Crippen LogP contribution in [0.1, 0.15) is 38.5 Å². The molecule has 12 heavy (non-hydrogen) atoms. The van der Waals surface area contributed by atoms with Crippen molar-refractivity contribution in [2.45, 2.75) is 43.9 Å². The zero-order valence-corrected chi connectivity index (χ0v) is 8.02. The van der Waals surface area contributed by atoms with E-state index in [4.69, 9.17) is 11.6 Å². The molecule has 0 unspecified atom stereocenters. The Kier molecular flexibility index (Phi) is 2.40. The number of Topliss-reactive ketones (excluding diaryl/α,β-unsaturated/α-hetero) is 1. The zero-order valence-electron chi connectivity index (χ0n) is 7.26. The van der Waals surface area contributed by atoms with Crippen LogP contribution in [0.2, 0.25) is 0 Å². The van der Waals surface area contributed by atoms with E-state index in [2.05, 4.69) is 0 Å². The number of alkyl halides is 1.